The van der Waals surface area contributed by atoms with Crippen LogP contribution in [0.5, 0.6) is 0 Å². The summed E-state index contributed by atoms with van der Waals surface area (Å²) in [7, 11) is 0. The average Bonchev–Trinajstić information content (AvgIpc) is 2.63. The van der Waals surface area contributed by atoms with Crippen LogP contribution in [0.25, 0.3) is 0 Å². The minimum absolute atomic E-state index is 0.833. The van der Waals surface area contributed by atoms with Gasteiger partial charge in [0.25, 0.3) is 0 Å². The third-order valence-corrected chi connectivity index (χ3v) is 1.20. The summed E-state index contributed by atoms with van der Waals surface area (Å²) < 4.78 is 0. The van der Waals surface area contributed by atoms with Gasteiger partial charge in [-0.05, 0) is 0 Å². The van der Waals surface area contributed by atoms with E-state index in [4.69, 9.17) is 40.9 Å². The maximum Gasteiger partial charge on any atom is 0.327 e. The number of carboxylic acids is 4. The Morgan fingerprint density at radius 2 is 0.704 bits per heavy atom. The van der Waals surface area contributed by atoms with Crippen LogP contribution in [0.15, 0.2) is 50.6 Å². The molecule has 0 atom stereocenters. The van der Waals surface area contributed by atoms with Crippen molar-refractivity contribution < 1.29 is 60.0 Å². The molecule has 0 amide bonds. The van der Waals surface area contributed by atoms with E-state index in [1.807, 2.05) is 0 Å². The van der Waals surface area contributed by atoms with Crippen LogP contribution in [0, 0.1) is 0 Å². The van der Waals surface area contributed by atoms with Gasteiger partial charge in [0.1, 0.15) is 0 Å². The molecule has 0 rings (SSSR count). The summed E-state index contributed by atoms with van der Waals surface area (Å²) in [5.41, 5.74) is 0. The zero-order chi connectivity index (χ0) is 23.1. The molecule has 0 aliphatic heterocycles. The van der Waals surface area contributed by atoms with Crippen LogP contribution in [-0.2, 0) is 19.2 Å². The van der Waals surface area contributed by atoms with Gasteiger partial charge in [-0.3, -0.25) is 0 Å². The highest BCUT2D eigenvalue weighted by atomic mass is 16.5. The van der Waals surface area contributed by atoms with Crippen molar-refractivity contribution in [3.63, 3.8) is 0 Å². The van der Waals surface area contributed by atoms with Crippen LogP contribution < -0.4 is 0 Å². The summed E-state index contributed by atoms with van der Waals surface area (Å²) in [5.74, 6) is -6.23. The Labute approximate surface area is 154 Å². The third kappa shape index (κ3) is 85.0. The molecule has 0 aromatic carbocycles. The second-order valence-electron chi connectivity index (χ2n) is 3.47. The lowest BCUT2D eigenvalue weighted by Crippen LogP contribution is -2.36. The molecule has 0 saturated carbocycles. The molecule has 156 valence electrons. The van der Waals surface area contributed by atoms with Crippen LogP contribution in [0.3, 0.4) is 0 Å². The molecule has 0 spiro atoms. The van der Waals surface area contributed by atoms with E-state index in [0.29, 0.717) is 0 Å². The first-order chi connectivity index (χ1) is 12.2. The normalized spacial score (nSPS) is 7.85. The largest absolute Gasteiger partial charge is 0.478 e. The molecule has 0 radical (unpaired) electrons. The molecule has 27 heavy (non-hydrogen) atoms. The van der Waals surface area contributed by atoms with E-state index in [-0.39, 0.29) is 0 Å². The number of aliphatic carboxylic acids is 4. The summed E-state index contributed by atoms with van der Waals surface area (Å²) >= 11 is 0. The number of hydrogen-bond acceptors (Lipinski definition) is 8. The lowest BCUT2D eigenvalue weighted by molar-refractivity contribution is -0.208. The van der Waals surface area contributed by atoms with Gasteiger partial charge in [-0.1, -0.05) is 26.3 Å². The first-order valence-corrected chi connectivity index (χ1v) is 6.29. The smallest absolute Gasteiger partial charge is 0.327 e. The second-order valence-corrected chi connectivity index (χ2v) is 3.47. The van der Waals surface area contributed by atoms with Crippen LogP contribution in [-0.4, -0.2) is 83.7 Å². The van der Waals surface area contributed by atoms with E-state index in [1.54, 1.807) is 0 Å². The van der Waals surface area contributed by atoms with Crippen LogP contribution in [0.2, 0.25) is 0 Å². The Kier molecular flexibility index (Phi) is 32.2. The van der Waals surface area contributed by atoms with E-state index in [9.17, 15) is 19.2 Å². The Hall–Kier alpha value is -3.32. The van der Waals surface area contributed by atoms with Gasteiger partial charge in [0.15, 0.2) is 0 Å². The summed E-state index contributed by atoms with van der Waals surface area (Å²) in [6, 6.07) is 0. The van der Waals surface area contributed by atoms with E-state index in [2.05, 4.69) is 26.3 Å². The monoisotopic (exact) mass is 396 g/mol. The summed E-state index contributed by atoms with van der Waals surface area (Å²) in [5, 5.41) is 62.7. The van der Waals surface area contributed by atoms with Gasteiger partial charge in [0.2, 0.25) is 5.79 Å². The second kappa shape index (κ2) is 24.9. The Morgan fingerprint density at radius 1 is 0.593 bits per heavy atom. The maximum atomic E-state index is 9.25. The number of carbonyl (C=O) groups is 4. The number of hydrogen-bond donors (Lipinski definition) is 8. The summed E-state index contributed by atoms with van der Waals surface area (Å²) in [4.78, 5) is 37.0. The van der Waals surface area contributed by atoms with Crippen molar-refractivity contribution in [2.24, 2.45) is 0 Å². The van der Waals surface area contributed by atoms with Crippen LogP contribution in [0.4, 0.5) is 0 Å². The zero-order valence-electron chi connectivity index (χ0n) is 14.3. The first kappa shape index (κ1) is 34.9. The van der Waals surface area contributed by atoms with Crippen molar-refractivity contribution in [3.8, 4) is 0 Å². The Bertz CT molecular complexity index is 401. The highest BCUT2D eigenvalue weighted by Gasteiger charge is 2.18. The quantitative estimate of drug-likeness (QED) is 0.193. The molecule has 0 aliphatic rings. The van der Waals surface area contributed by atoms with Crippen molar-refractivity contribution >= 4 is 23.9 Å². The Balaban J connectivity index is -0.0000000753. The third-order valence-electron chi connectivity index (χ3n) is 1.20. The summed E-state index contributed by atoms with van der Waals surface area (Å²) in [6.45, 7) is 10.2. The van der Waals surface area contributed by atoms with Crippen LogP contribution in [0.1, 0.15) is 0 Å². The standard InChI is InChI=1S/C3H8O4.4C3H4O2/c4-1-3(6,7)2-5;4*1-2-3(4)5/h4-7H,1-2H2;4*2H,1H2,(H,4,5). The fraction of sp³-hybridized carbons (Fsp3) is 0.200. The van der Waals surface area contributed by atoms with E-state index < -0.39 is 42.9 Å². The molecule has 0 saturated heterocycles. The fourth-order valence-corrected chi connectivity index (χ4v) is 0.0500. The fourth-order valence-electron chi connectivity index (χ4n) is 0.0500. The molecule has 0 aromatic heterocycles. The minimum Gasteiger partial charge on any atom is -0.478 e. The van der Waals surface area contributed by atoms with Gasteiger partial charge in [0, 0.05) is 24.3 Å². The molecule has 12 nitrogen and oxygen atoms in total. The number of aliphatic hydroxyl groups excluding tert-OH is 2. The summed E-state index contributed by atoms with van der Waals surface area (Å²) in [6.07, 6.45) is 3.33. The van der Waals surface area contributed by atoms with Gasteiger partial charge in [-0.15, -0.1) is 0 Å². The SMILES string of the molecule is C=CC(=O)O.C=CC(=O)O.C=CC(=O)O.C=CC(=O)O.OCC(O)(O)CO. The van der Waals surface area contributed by atoms with E-state index in [0.717, 1.165) is 24.3 Å². The molecule has 0 aliphatic carbocycles. The number of aliphatic hydroxyl groups is 4. The first-order valence-electron chi connectivity index (χ1n) is 6.29. The van der Waals surface area contributed by atoms with Gasteiger partial charge in [-0.2, -0.15) is 0 Å². The molecule has 12 heteroatoms. The lowest BCUT2D eigenvalue weighted by atomic mass is 10.3. The average molecular weight is 396 g/mol. The highest BCUT2D eigenvalue weighted by molar-refractivity contribution is 5.79. The molecular weight excluding hydrogens is 372 g/mol. The highest BCUT2D eigenvalue weighted by Crippen LogP contribution is 1.91. The van der Waals surface area contributed by atoms with Crippen molar-refractivity contribution in [2.45, 2.75) is 5.79 Å². The van der Waals surface area contributed by atoms with Crippen molar-refractivity contribution in [1.82, 2.24) is 0 Å². The number of carboxylic acid groups (broad SMARTS) is 4. The topological polar surface area (TPSA) is 230 Å². The van der Waals surface area contributed by atoms with Crippen molar-refractivity contribution in [2.75, 3.05) is 13.2 Å². The molecule has 0 fully saturated rings. The maximum absolute atomic E-state index is 9.25. The van der Waals surface area contributed by atoms with Crippen LogP contribution >= 0.6 is 0 Å². The van der Waals surface area contributed by atoms with Crippen molar-refractivity contribution in [3.05, 3.63) is 50.6 Å². The molecule has 0 heterocycles. The molecule has 8 N–H and O–H groups in total. The van der Waals surface area contributed by atoms with Crippen molar-refractivity contribution in [1.29, 1.82) is 0 Å². The molecule has 0 unspecified atom stereocenters. The minimum atomic E-state index is -2.31. The predicted octanol–water partition coefficient (Wildman–Crippen LogP) is -1.32. The molecule has 0 bridgehead atoms. The van der Waals surface area contributed by atoms with Gasteiger partial charge >= 0.3 is 23.9 Å². The Morgan fingerprint density at radius 3 is 0.704 bits per heavy atom. The van der Waals surface area contributed by atoms with Gasteiger partial charge in [-0.25, -0.2) is 19.2 Å². The molecular formula is C15H24O12. The number of rotatable bonds is 6. The van der Waals surface area contributed by atoms with Gasteiger partial charge < -0.3 is 40.9 Å². The lowest BCUT2D eigenvalue weighted by Gasteiger charge is -2.13. The van der Waals surface area contributed by atoms with E-state index in [1.165, 1.54) is 0 Å². The predicted molar refractivity (Wildman–Crippen MR) is 92.7 cm³/mol. The van der Waals surface area contributed by atoms with Gasteiger partial charge in [0.05, 0.1) is 13.2 Å². The van der Waals surface area contributed by atoms with E-state index >= 15 is 0 Å². The molecule has 0 aromatic rings. The zero-order valence-corrected chi connectivity index (χ0v) is 14.3.